The van der Waals surface area contributed by atoms with Crippen molar-refractivity contribution in [1.29, 1.82) is 0 Å². The Labute approximate surface area is 89.6 Å². The van der Waals surface area contributed by atoms with Crippen LogP contribution in [-0.2, 0) is 11.3 Å². The van der Waals surface area contributed by atoms with Crippen molar-refractivity contribution in [2.45, 2.75) is 12.6 Å². The van der Waals surface area contributed by atoms with Crippen LogP contribution in [0, 0.1) is 0 Å². The smallest absolute Gasteiger partial charge is 0.119 e. The number of hydrogen-bond acceptors (Lipinski definition) is 4. The summed E-state index contributed by atoms with van der Waals surface area (Å²) in [6.45, 7) is 0.800. The molecule has 0 bridgehead atoms. The second-order valence-electron chi connectivity index (χ2n) is 3.33. The summed E-state index contributed by atoms with van der Waals surface area (Å²) in [6, 6.07) is 7.27. The first-order valence-electron chi connectivity index (χ1n) is 4.83. The highest BCUT2D eigenvalue weighted by atomic mass is 16.5. The third-order valence-corrected chi connectivity index (χ3v) is 1.91. The molecule has 0 aliphatic rings. The SMILES string of the molecule is COCc1cccc(OCC(N)CO)c1. The second-order valence-corrected chi connectivity index (χ2v) is 3.33. The van der Waals surface area contributed by atoms with Gasteiger partial charge in [-0.15, -0.1) is 0 Å². The van der Waals surface area contributed by atoms with E-state index in [4.69, 9.17) is 20.3 Å². The summed E-state index contributed by atoms with van der Waals surface area (Å²) in [7, 11) is 1.65. The number of ether oxygens (including phenoxy) is 2. The number of nitrogens with two attached hydrogens (primary N) is 1. The molecule has 1 atom stereocenters. The Morgan fingerprint density at radius 2 is 2.27 bits per heavy atom. The topological polar surface area (TPSA) is 64.7 Å². The van der Waals surface area contributed by atoms with Gasteiger partial charge in [0.15, 0.2) is 0 Å². The Bertz CT molecular complexity index is 291. The van der Waals surface area contributed by atoms with Crippen molar-refractivity contribution in [1.82, 2.24) is 0 Å². The van der Waals surface area contributed by atoms with Crippen LogP contribution in [0.15, 0.2) is 24.3 Å². The van der Waals surface area contributed by atoms with Crippen LogP contribution < -0.4 is 10.5 Å². The lowest BCUT2D eigenvalue weighted by atomic mass is 10.2. The van der Waals surface area contributed by atoms with E-state index in [9.17, 15) is 0 Å². The van der Waals surface area contributed by atoms with Gasteiger partial charge < -0.3 is 20.3 Å². The number of hydrogen-bond donors (Lipinski definition) is 2. The van der Waals surface area contributed by atoms with Crippen molar-refractivity contribution >= 4 is 0 Å². The van der Waals surface area contributed by atoms with E-state index in [0.29, 0.717) is 13.2 Å². The molecule has 1 unspecified atom stereocenters. The van der Waals surface area contributed by atoms with Crippen LogP contribution in [0.25, 0.3) is 0 Å². The largest absolute Gasteiger partial charge is 0.492 e. The van der Waals surface area contributed by atoms with Crippen LogP contribution in [0.4, 0.5) is 0 Å². The highest BCUT2D eigenvalue weighted by molar-refractivity contribution is 5.28. The van der Waals surface area contributed by atoms with Gasteiger partial charge >= 0.3 is 0 Å². The highest BCUT2D eigenvalue weighted by Gasteiger charge is 2.02. The Hall–Kier alpha value is -1.10. The number of methoxy groups -OCH3 is 1. The first kappa shape index (κ1) is 12.0. The zero-order valence-corrected chi connectivity index (χ0v) is 8.85. The molecule has 0 aliphatic heterocycles. The van der Waals surface area contributed by atoms with E-state index >= 15 is 0 Å². The van der Waals surface area contributed by atoms with Gasteiger partial charge in [-0.1, -0.05) is 12.1 Å². The third-order valence-electron chi connectivity index (χ3n) is 1.91. The van der Waals surface area contributed by atoms with Crippen molar-refractivity contribution in [2.24, 2.45) is 5.73 Å². The van der Waals surface area contributed by atoms with Crippen molar-refractivity contribution in [3.63, 3.8) is 0 Å². The van der Waals surface area contributed by atoms with Crippen molar-refractivity contribution < 1.29 is 14.6 Å². The first-order chi connectivity index (χ1) is 7.26. The Balaban J connectivity index is 2.50. The molecule has 0 heterocycles. The summed E-state index contributed by atoms with van der Waals surface area (Å²) in [5.74, 6) is 0.744. The molecule has 4 heteroatoms. The van der Waals surface area contributed by atoms with Crippen LogP contribution >= 0.6 is 0 Å². The number of benzene rings is 1. The molecule has 1 aromatic rings. The highest BCUT2D eigenvalue weighted by Crippen LogP contribution is 2.13. The molecule has 1 aromatic carbocycles. The van der Waals surface area contributed by atoms with Gasteiger partial charge in [0.05, 0.1) is 19.3 Å². The van der Waals surface area contributed by atoms with Gasteiger partial charge in [-0.3, -0.25) is 0 Å². The van der Waals surface area contributed by atoms with Gasteiger partial charge in [0, 0.05) is 7.11 Å². The van der Waals surface area contributed by atoms with E-state index in [1.165, 1.54) is 0 Å². The van der Waals surface area contributed by atoms with E-state index in [1.54, 1.807) is 7.11 Å². The minimum Gasteiger partial charge on any atom is -0.492 e. The summed E-state index contributed by atoms with van der Waals surface area (Å²) < 4.78 is 10.4. The van der Waals surface area contributed by atoms with Crippen molar-refractivity contribution in [3.05, 3.63) is 29.8 Å². The summed E-state index contributed by atoms with van der Waals surface area (Å²) in [5.41, 5.74) is 6.57. The molecule has 0 amide bonds. The maximum atomic E-state index is 8.73. The molecule has 0 saturated heterocycles. The molecular weight excluding hydrogens is 194 g/mol. The van der Waals surface area contributed by atoms with Crippen LogP contribution in [-0.4, -0.2) is 31.5 Å². The lowest BCUT2D eigenvalue weighted by Gasteiger charge is -2.11. The zero-order chi connectivity index (χ0) is 11.1. The molecule has 0 aliphatic carbocycles. The summed E-state index contributed by atoms with van der Waals surface area (Å²) in [6.07, 6.45) is 0. The summed E-state index contributed by atoms with van der Waals surface area (Å²) >= 11 is 0. The van der Waals surface area contributed by atoms with E-state index in [0.717, 1.165) is 11.3 Å². The minimum absolute atomic E-state index is 0.0717. The molecule has 0 aromatic heterocycles. The van der Waals surface area contributed by atoms with Crippen LogP contribution in [0.3, 0.4) is 0 Å². The fourth-order valence-corrected chi connectivity index (χ4v) is 1.15. The molecule has 0 spiro atoms. The molecule has 0 fully saturated rings. The lowest BCUT2D eigenvalue weighted by molar-refractivity contribution is 0.183. The molecular formula is C11H17NO3. The van der Waals surface area contributed by atoms with Crippen molar-refractivity contribution in [2.75, 3.05) is 20.3 Å². The minimum atomic E-state index is -0.337. The average molecular weight is 211 g/mol. The van der Waals surface area contributed by atoms with E-state index in [-0.39, 0.29) is 12.6 Å². The van der Waals surface area contributed by atoms with Gasteiger partial charge in [-0.05, 0) is 17.7 Å². The standard InChI is InChI=1S/C11H17NO3/c1-14-7-9-3-2-4-11(5-9)15-8-10(12)6-13/h2-5,10,13H,6-8,12H2,1H3. The van der Waals surface area contributed by atoms with E-state index in [2.05, 4.69) is 0 Å². The molecule has 84 valence electrons. The fraction of sp³-hybridized carbons (Fsp3) is 0.455. The average Bonchev–Trinajstić information content (AvgIpc) is 2.27. The number of aliphatic hydroxyl groups excluding tert-OH is 1. The van der Waals surface area contributed by atoms with Gasteiger partial charge in [0.1, 0.15) is 12.4 Å². The van der Waals surface area contributed by atoms with Crippen LogP contribution in [0.1, 0.15) is 5.56 Å². The molecule has 4 nitrogen and oxygen atoms in total. The molecule has 0 saturated carbocycles. The maximum absolute atomic E-state index is 8.73. The zero-order valence-electron chi connectivity index (χ0n) is 8.85. The van der Waals surface area contributed by atoms with Gasteiger partial charge in [-0.2, -0.15) is 0 Å². The van der Waals surface area contributed by atoms with E-state index < -0.39 is 0 Å². The Morgan fingerprint density at radius 1 is 1.47 bits per heavy atom. The fourth-order valence-electron chi connectivity index (χ4n) is 1.15. The number of aliphatic hydroxyl groups is 1. The molecule has 3 N–H and O–H groups in total. The third kappa shape index (κ3) is 4.29. The van der Waals surface area contributed by atoms with Gasteiger partial charge in [0.2, 0.25) is 0 Å². The predicted octanol–water partition coefficient (Wildman–Crippen LogP) is 0.531. The van der Waals surface area contributed by atoms with Crippen molar-refractivity contribution in [3.8, 4) is 5.75 Å². The molecule has 15 heavy (non-hydrogen) atoms. The van der Waals surface area contributed by atoms with E-state index in [1.807, 2.05) is 24.3 Å². The van der Waals surface area contributed by atoms with Gasteiger partial charge in [0.25, 0.3) is 0 Å². The Kier molecular flexibility index (Phi) is 5.10. The van der Waals surface area contributed by atoms with Crippen LogP contribution in [0.5, 0.6) is 5.75 Å². The maximum Gasteiger partial charge on any atom is 0.119 e. The van der Waals surface area contributed by atoms with Crippen LogP contribution in [0.2, 0.25) is 0 Å². The molecule has 1 rings (SSSR count). The number of rotatable bonds is 6. The predicted molar refractivity (Wildman–Crippen MR) is 57.7 cm³/mol. The monoisotopic (exact) mass is 211 g/mol. The first-order valence-corrected chi connectivity index (χ1v) is 4.83. The Morgan fingerprint density at radius 3 is 2.93 bits per heavy atom. The van der Waals surface area contributed by atoms with Gasteiger partial charge in [-0.25, -0.2) is 0 Å². The summed E-state index contributed by atoms with van der Waals surface area (Å²) in [4.78, 5) is 0. The lowest BCUT2D eigenvalue weighted by Crippen LogP contribution is -2.31. The molecule has 0 radical (unpaired) electrons. The summed E-state index contributed by atoms with van der Waals surface area (Å²) in [5, 5.41) is 8.73. The second kappa shape index (κ2) is 6.40. The normalized spacial score (nSPS) is 12.5. The quantitative estimate of drug-likeness (QED) is 0.720.